The van der Waals surface area contributed by atoms with E-state index in [-0.39, 0.29) is 5.95 Å². The molecule has 2 rings (SSSR count). The number of hydrogen-bond donors (Lipinski definition) is 1. The summed E-state index contributed by atoms with van der Waals surface area (Å²) in [5.74, 6) is -1.55. The van der Waals surface area contributed by atoms with Crippen molar-refractivity contribution in [2.75, 3.05) is 12.4 Å². The van der Waals surface area contributed by atoms with E-state index in [9.17, 15) is 18.0 Å². The van der Waals surface area contributed by atoms with Crippen LogP contribution in [0.2, 0.25) is 0 Å². The van der Waals surface area contributed by atoms with Crippen molar-refractivity contribution >= 4 is 17.6 Å². The molecule has 2 aromatic rings. The Bertz CT molecular complexity index is 784. The Hall–Kier alpha value is -3.15. The van der Waals surface area contributed by atoms with E-state index in [1.165, 1.54) is 18.2 Å². The maximum atomic E-state index is 13.0. The van der Waals surface area contributed by atoms with E-state index in [4.69, 9.17) is 5.26 Å². The highest BCUT2D eigenvalue weighted by Crippen LogP contribution is 2.31. The molecule has 0 radical (unpaired) electrons. The molecule has 0 amide bonds. The Morgan fingerprint density at radius 2 is 2.13 bits per heavy atom. The number of hydrogen-bond acceptors (Lipinski definition) is 6. The third-order valence-electron chi connectivity index (χ3n) is 2.71. The number of nitrogens with zero attached hydrogens (tertiary/aromatic N) is 3. The monoisotopic (exact) mass is 322 g/mol. The first kappa shape index (κ1) is 16.2. The summed E-state index contributed by atoms with van der Waals surface area (Å²) in [5, 5.41) is 11.3. The number of benzene rings is 1. The van der Waals surface area contributed by atoms with E-state index in [1.807, 2.05) is 6.07 Å². The van der Waals surface area contributed by atoms with Gasteiger partial charge in [-0.25, -0.2) is 14.8 Å². The predicted molar refractivity (Wildman–Crippen MR) is 72.8 cm³/mol. The summed E-state index contributed by atoms with van der Waals surface area (Å²) in [6.45, 7) is 0. The number of aromatic nitrogens is 2. The molecule has 6 nitrogen and oxygen atoms in total. The second-order valence-electron chi connectivity index (χ2n) is 4.26. The first-order chi connectivity index (χ1) is 10.8. The van der Waals surface area contributed by atoms with Gasteiger partial charge >= 0.3 is 12.1 Å². The molecule has 0 atom stereocenters. The van der Waals surface area contributed by atoms with Crippen LogP contribution < -0.4 is 5.32 Å². The van der Waals surface area contributed by atoms with Crippen molar-refractivity contribution in [3.8, 4) is 6.07 Å². The molecule has 23 heavy (non-hydrogen) atoms. The molecule has 0 aliphatic rings. The second kappa shape index (κ2) is 6.31. The van der Waals surface area contributed by atoms with Crippen LogP contribution in [0.3, 0.4) is 0 Å². The molecule has 1 N–H and O–H groups in total. The van der Waals surface area contributed by atoms with E-state index in [0.29, 0.717) is 11.3 Å². The van der Waals surface area contributed by atoms with Crippen LogP contribution in [0.15, 0.2) is 30.5 Å². The molecular weight excluding hydrogens is 313 g/mol. The average Bonchev–Trinajstić information content (AvgIpc) is 2.53. The van der Waals surface area contributed by atoms with E-state index in [1.54, 1.807) is 6.07 Å². The van der Waals surface area contributed by atoms with Gasteiger partial charge in [0, 0.05) is 11.9 Å². The minimum atomic E-state index is -4.85. The number of alkyl halides is 3. The van der Waals surface area contributed by atoms with Crippen LogP contribution in [0, 0.1) is 11.3 Å². The summed E-state index contributed by atoms with van der Waals surface area (Å²) in [6.07, 6.45) is -4.12. The maximum absolute atomic E-state index is 13.0. The molecule has 0 fully saturated rings. The number of methoxy groups -OCH3 is 1. The lowest BCUT2D eigenvalue weighted by Gasteiger charge is -2.12. The third-order valence-corrected chi connectivity index (χ3v) is 2.71. The fourth-order valence-corrected chi connectivity index (χ4v) is 1.71. The number of esters is 1. The Balaban J connectivity index is 2.41. The topological polar surface area (TPSA) is 87.9 Å². The highest BCUT2D eigenvalue weighted by Gasteiger charge is 2.38. The second-order valence-corrected chi connectivity index (χ2v) is 4.26. The molecular formula is C14H9F3N4O2. The van der Waals surface area contributed by atoms with Gasteiger partial charge in [-0.05, 0) is 18.2 Å². The molecule has 0 bridgehead atoms. The molecule has 1 aromatic carbocycles. The van der Waals surface area contributed by atoms with Crippen LogP contribution in [-0.2, 0) is 10.9 Å². The molecule has 9 heteroatoms. The van der Waals surface area contributed by atoms with Crippen LogP contribution >= 0.6 is 0 Å². The number of anilines is 2. The zero-order chi connectivity index (χ0) is 17.0. The summed E-state index contributed by atoms with van der Waals surface area (Å²) in [5.41, 5.74) is -1.53. The number of carbonyl (C=O) groups is 1. The van der Waals surface area contributed by atoms with Crippen molar-refractivity contribution in [3.63, 3.8) is 0 Å². The van der Waals surface area contributed by atoms with E-state index < -0.39 is 23.4 Å². The zero-order valence-corrected chi connectivity index (χ0v) is 11.7. The fraction of sp³-hybridized carbons (Fsp3) is 0.143. The van der Waals surface area contributed by atoms with Gasteiger partial charge in [-0.2, -0.15) is 18.4 Å². The van der Waals surface area contributed by atoms with Crippen molar-refractivity contribution in [2.45, 2.75) is 6.18 Å². The lowest BCUT2D eigenvalue weighted by molar-refractivity contribution is -0.141. The average molecular weight is 322 g/mol. The van der Waals surface area contributed by atoms with Gasteiger partial charge in [-0.1, -0.05) is 6.07 Å². The fourth-order valence-electron chi connectivity index (χ4n) is 1.71. The standard InChI is InChI=1S/C14H9F3N4O2/c1-23-12(22)10-7-19-13(21-11(10)14(15,16)17)20-9-4-2-3-8(5-9)6-18/h2-5,7H,1H3,(H,19,20,21). The van der Waals surface area contributed by atoms with Crippen molar-refractivity contribution < 1.29 is 22.7 Å². The first-order valence-electron chi connectivity index (χ1n) is 6.15. The molecule has 118 valence electrons. The molecule has 0 saturated heterocycles. The Kier molecular flexibility index (Phi) is 4.45. The minimum Gasteiger partial charge on any atom is -0.465 e. The van der Waals surface area contributed by atoms with Gasteiger partial charge in [0.05, 0.1) is 18.7 Å². The Morgan fingerprint density at radius 3 is 2.74 bits per heavy atom. The minimum absolute atomic E-state index is 0.317. The molecule has 0 aliphatic heterocycles. The summed E-state index contributed by atoms with van der Waals surface area (Å²) in [6, 6.07) is 7.94. The summed E-state index contributed by atoms with van der Waals surface area (Å²) in [4.78, 5) is 18.4. The zero-order valence-electron chi connectivity index (χ0n) is 11.7. The van der Waals surface area contributed by atoms with Gasteiger partial charge in [0.15, 0.2) is 5.69 Å². The van der Waals surface area contributed by atoms with Crippen molar-refractivity contribution in [3.05, 3.63) is 47.3 Å². The van der Waals surface area contributed by atoms with Gasteiger partial charge < -0.3 is 10.1 Å². The largest absolute Gasteiger partial charge is 0.465 e. The predicted octanol–water partition coefficient (Wildman–Crippen LogP) is 2.90. The summed E-state index contributed by atoms with van der Waals surface area (Å²) >= 11 is 0. The van der Waals surface area contributed by atoms with Crippen molar-refractivity contribution in [2.24, 2.45) is 0 Å². The number of ether oxygens (including phenoxy) is 1. The smallest absolute Gasteiger partial charge is 0.434 e. The molecule has 0 saturated carbocycles. The van der Waals surface area contributed by atoms with Gasteiger partial charge in [-0.15, -0.1) is 0 Å². The van der Waals surface area contributed by atoms with Gasteiger partial charge in [0.1, 0.15) is 5.56 Å². The van der Waals surface area contributed by atoms with Crippen LogP contribution in [0.25, 0.3) is 0 Å². The first-order valence-corrected chi connectivity index (χ1v) is 6.15. The van der Waals surface area contributed by atoms with Crippen LogP contribution in [0.4, 0.5) is 24.8 Å². The molecule has 1 heterocycles. The molecule has 0 unspecified atom stereocenters. The van der Waals surface area contributed by atoms with Crippen LogP contribution in [0.5, 0.6) is 0 Å². The van der Waals surface area contributed by atoms with Crippen molar-refractivity contribution in [1.82, 2.24) is 9.97 Å². The lowest BCUT2D eigenvalue weighted by atomic mass is 10.2. The Morgan fingerprint density at radius 1 is 1.39 bits per heavy atom. The van der Waals surface area contributed by atoms with Crippen LogP contribution in [0.1, 0.15) is 21.6 Å². The van der Waals surface area contributed by atoms with Gasteiger partial charge in [0.25, 0.3) is 0 Å². The quantitative estimate of drug-likeness (QED) is 0.874. The molecule has 1 aromatic heterocycles. The maximum Gasteiger partial charge on any atom is 0.434 e. The Labute approximate surface area is 128 Å². The lowest BCUT2D eigenvalue weighted by Crippen LogP contribution is -2.18. The summed E-state index contributed by atoms with van der Waals surface area (Å²) in [7, 11) is 0.960. The van der Waals surface area contributed by atoms with E-state index in [2.05, 4.69) is 20.0 Å². The van der Waals surface area contributed by atoms with Gasteiger partial charge in [0.2, 0.25) is 5.95 Å². The number of nitriles is 1. The number of carbonyl (C=O) groups excluding carboxylic acids is 1. The SMILES string of the molecule is COC(=O)c1cnc(Nc2cccc(C#N)c2)nc1C(F)(F)F. The van der Waals surface area contributed by atoms with Crippen LogP contribution in [-0.4, -0.2) is 23.0 Å². The van der Waals surface area contributed by atoms with E-state index >= 15 is 0 Å². The molecule has 0 aliphatic carbocycles. The normalized spacial score (nSPS) is 10.7. The third kappa shape index (κ3) is 3.74. The highest BCUT2D eigenvalue weighted by molar-refractivity contribution is 5.90. The number of rotatable bonds is 3. The number of nitrogens with one attached hydrogen (secondary N) is 1. The number of halogens is 3. The summed E-state index contributed by atoms with van der Waals surface area (Å²) < 4.78 is 43.3. The molecule has 0 spiro atoms. The van der Waals surface area contributed by atoms with E-state index in [0.717, 1.165) is 13.3 Å². The van der Waals surface area contributed by atoms with Gasteiger partial charge in [-0.3, -0.25) is 0 Å². The highest BCUT2D eigenvalue weighted by atomic mass is 19.4. The van der Waals surface area contributed by atoms with Crippen molar-refractivity contribution in [1.29, 1.82) is 5.26 Å².